The second kappa shape index (κ2) is 19.8. The van der Waals surface area contributed by atoms with E-state index in [1.807, 2.05) is 72.9 Å². The predicted octanol–water partition coefficient (Wildman–Crippen LogP) is 11.9. The fourth-order valence-corrected chi connectivity index (χ4v) is 7.52. The lowest BCUT2D eigenvalue weighted by Crippen LogP contribution is -2.13. The summed E-state index contributed by atoms with van der Waals surface area (Å²) in [7, 11) is -4.49. The quantitative estimate of drug-likeness (QED) is 0.0695. The minimum atomic E-state index is -4.49. The molecule has 260 valence electrons. The van der Waals surface area contributed by atoms with Gasteiger partial charge in [-0.3, -0.25) is 0 Å². The van der Waals surface area contributed by atoms with Gasteiger partial charge in [-0.15, -0.1) is 59.2 Å². The van der Waals surface area contributed by atoms with Crippen LogP contribution < -0.4 is 13.6 Å². The molecule has 0 spiro atoms. The van der Waals surface area contributed by atoms with E-state index in [4.69, 9.17) is 13.6 Å². The van der Waals surface area contributed by atoms with Crippen LogP contribution in [0.5, 0.6) is 17.2 Å². The molecule has 0 N–H and O–H groups in total. The van der Waals surface area contributed by atoms with Crippen molar-refractivity contribution in [3.05, 3.63) is 200 Å². The third-order valence-corrected chi connectivity index (χ3v) is 9.53. The third-order valence-electron chi connectivity index (χ3n) is 8.27. The monoisotopic (exact) mass is 686 g/mol. The molecular formula is C45H51O4P. The average Bonchev–Trinajstić information content (AvgIpc) is 3.09. The van der Waals surface area contributed by atoms with Gasteiger partial charge < -0.3 is 13.6 Å². The van der Waals surface area contributed by atoms with E-state index in [-0.39, 0.29) is 0 Å². The zero-order valence-corrected chi connectivity index (χ0v) is 30.4. The molecule has 4 nitrogen and oxygen atoms in total. The minimum absolute atomic E-state index is 0.373. The van der Waals surface area contributed by atoms with E-state index in [0.29, 0.717) is 75.0 Å². The SMILES string of the molecule is C=CCc1ccc(OP(=O)(Oc2ccc(CC=C)c(CC=C)c2CC=C)Oc2ccc(CC=C)c(CC=C)c2CC=C)c(CC=C)c1CC=C. The maximum atomic E-state index is 15.4. The van der Waals surface area contributed by atoms with Gasteiger partial charge in [0.1, 0.15) is 17.2 Å². The summed E-state index contributed by atoms with van der Waals surface area (Å²) in [5, 5.41) is 0. The molecule has 0 aliphatic heterocycles. The van der Waals surface area contributed by atoms with Gasteiger partial charge in [-0.05, 0) is 109 Å². The second-order valence-electron chi connectivity index (χ2n) is 11.7. The van der Waals surface area contributed by atoms with E-state index in [2.05, 4.69) is 59.2 Å². The summed E-state index contributed by atoms with van der Waals surface area (Å²) in [4.78, 5) is 0. The molecule has 3 aromatic carbocycles. The number of allylic oxidation sites excluding steroid dienone is 9. The maximum absolute atomic E-state index is 15.4. The van der Waals surface area contributed by atoms with Crippen molar-refractivity contribution in [3.63, 3.8) is 0 Å². The molecular weight excluding hydrogens is 635 g/mol. The van der Waals surface area contributed by atoms with Crippen molar-refractivity contribution in [3.8, 4) is 17.2 Å². The standard InChI is InChI=1S/C45H51O4P/c1-10-19-34-28-31-43(40(25-16-7)37(34)22-13-4)47-50(46,48-44-32-29-35(20-11-2)38(23-14-5)41(44)26-17-8)49-45-33-30-36(21-12-3)39(24-15-6)42(45)27-18-9/h10-18,28-33H,1-9,19-27H2. The van der Waals surface area contributed by atoms with Crippen LogP contribution in [0.4, 0.5) is 0 Å². The summed E-state index contributed by atoms with van der Waals surface area (Å²) < 4.78 is 34.9. The molecule has 0 saturated heterocycles. The lowest BCUT2D eigenvalue weighted by atomic mass is 9.93. The van der Waals surface area contributed by atoms with Crippen molar-refractivity contribution < 1.29 is 18.1 Å². The van der Waals surface area contributed by atoms with Crippen LogP contribution >= 0.6 is 7.82 Å². The number of rotatable bonds is 24. The zero-order chi connectivity index (χ0) is 36.5. The molecule has 0 amide bonds. The van der Waals surface area contributed by atoms with Crippen molar-refractivity contribution in [1.29, 1.82) is 0 Å². The van der Waals surface area contributed by atoms with Crippen LogP contribution in [0.1, 0.15) is 50.1 Å². The van der Waals surface area contributed by atoms with Gasteiger partial charge in [0.25, 0.3) is 0 Å². The minimum Gasteiger partial charge on any atom is -0.386 e. The van der Waals surface area contributed by atoms with Gasteiger partial charge >= 0.3 is 7.82 Å². The molecule has 0 heterocycles. The van der Waals surface area contributed by atoms with Gasteiger partial charge in [-0.25, -0.2) is 0 Å². The maximum Gasteiger partial charge on any atom is 0.647 e. The highest BCUT2D eigenvalue weighted by atomic mass is 31.2. The first-order valence-corrected chi connectivity index (χ1v) is 18.3. The lowest BCUT2D eigenvalue weighted by molar-refractivity contribution is 0.295. The Bertz CT molecular complexity index is 1600. The Kier molecular flexibility index (Phi) is 15.6. The van der Waals surface area contributed by atoms with Crippen molar-refractivity contribution >= 4 is 7.82 Å². The van der Waals surface area contributed by atoms with E-state index in [0.717, 1.165) is 50.1 Å². The Morgan fingerprint density at radius 1 is 0.360 bits per heavy atom. The van der Waals surface area contributed by atoms with Crippen LogP contribution in [0.15, 0.2) is 150 Å². The molecule has 0 unspecified atom stereocenters. The molecule has 3 aromatic rings. The van der Waals surface area contributed by atoms with Crippen molar-refractivity contribution in [2.24, 2.45) is 0 Å². The fourth-order valence-electron chi connectivity index (χ4n) is 6.17. The van der Waals surface area contributed by atoms with Gasteiger partial charge in [0.05, 0.1) is 0 Å². The van der Waals surface area contributed by atoms with Crippen LogP contribution in [-0.4, -0.2) is 0 Å². The molecule has 0 aliphatic carbocycles. The van der Waals surface area contributed by atoms with E-state index in [1.54, 1.807) is 18.2 Å². The number of hydrogen-bond donors (Lipinski definition) is 0. The summed E-state index contributed by atoms with van der Waals surface area (Å²) >= 11 is 0. The van der Waals surface area contributed by atoms with Gasteiger partial charge in [-0.1, -0.05) is 72.9 Å². The first-order valence-electron chi connectivity index (χ1n) is 16.9. The summed E-state index contributed by atoms with van der Waals surface area (Å²) in [6.45, 7) is 35.7. The Morgan fingerprint density at radius 3 is 0.800 bits per heavy atom. The number of benzene rings is 3. The molecule has 0 aliphatic rings. The molecule has 0 aromatic heterocycles. The molecule has 5 heteroatoms. The van der Waals surface area contributed by atoms with Gasteiger partial charge in [0.15, 0.2) is 0 Å². The molecule has 3 rings (SSSR count). The van der Waals surface area contributed by atoms with E-state index < -0.39 is 7.82 Å². The average molecular weight is 687 g/mol. The molecule has 0 saturated carbocycles. The van der Waals surface area contributed by atoms with Crippen LogP contribution in [0.3, 0.4) is 0 Å². The highest BCUT2D eigenvalue weighted by Crippen LogP contribution is 2.53. The largest absolute Gasteiger partial charge is 0.647 e. The summed E-state index contributed by atoms with van der Waals surface area (Å²) in [5.74, 6) is 1.12. The topological polar surface area (TPSA) is 44.8 Å². The van der Waals surface area contributed by atoms with Gasteiger partial charge in [-0.2, -0.15) is 4.57 Å². The van der Waals surface area contributed by atoms with E-state index in [1.165, 1.54) is 0 Å². The van der Waals surface area contributed by atoms with Crippen LogP contribution in [0.2, 0.25) is 0 Å². The van der Waals surface area contributed by atoms with Gasteiger partial charge in [0.2, 0.25) is 0 Å². The van der Waals surface area contributed by atoms with Crippen molar-refractivity contribution in [2.75, 3.05) is 0 Å². The number of phosphoric ester groups is 1. The summed E-state index contributed by atoms with van der Waals surface area (Å²) in [6, 6.07) is 11.3. The summed E-state index contributed by atoms with van der Waals surface area (Å²) in [6.07, 6.45) is 21.6. The lowest BCUT2D eigenvalue weighted by Gasteiger charge is -2.26. The molecule has 50 heavy (non-hydrogen) atoms. The Morgan fingerprint density at radius 2 is 0.580 bits per heavy atom. The molecule has 0 fully saturated rings. The zero-order valence-electron chi connectivity index (χ0n) is 29.5. The van der Waals surface area contributed by atoms with Crippen LogP contribution in [0.25, 0.3) is 0 Å². The van der Waals surface area contributed by atoms with E-state index in [9.17, 15) is 0 Å². The van der Waals surface area contributed by atoms with Crippen LogP contribution in [-0.2, 0) is 62.4 Å². The van der Waals surface area contributed by atoms with Gasteiger partial charge in [0, 0.05) is 16.7 Å². The Hall–Kier alpha value is -5.05. The fraction of sp³-hybridized carbons (Fsp3) is 0.200. The van der Waals surface area contributed by atoms with Crippen LogP contribution in [0, 0.1) is 0 Å². The number of hydrogen-bond acceptors (Lipinski definition) is 4. The first-order chi connectivity index (χ1) is 24.3. The Balaban J connectivity index is 2.36. The number of phosphoric acid groups is 1. The first kappa shape index (κ1) is 39.4. The molecule has 0 bridgehead atoms. The smallest absolute Gasteiger partial charge is 0.386 e. The van der Waals surface area contributed by atoms with Crippen molar-refractivity contribution in [2.45, 2.75) is 57.8 Å². The Labute approximate surface area is 300 Å². The molecule has 0 atom stereocenters. The third kappa shape index (κ3) is 9.77. The molecule has 0 radical (unpaired) electrons. The normalized spacial score (nSPS) is 10.7. The summed E-state index contributed by atoms with van der Waals surface area (Å²) in [5.41, 5.74) is 8.71. The van der Waals surface area contributed by atoms with E-state index >= 15 is 4.57 Å². The highest BCUT2D eigenvalue weighted by molar-refractivity contribution is 7.49. The van der Waals surface area contributed by atoms with Crippen molar-refractivity contribution in [1.82, 2.24) is 0 Å². The highest BCUT2D eigenvalue weighted by Gasteiger charge is 2.37. The second-order valence-corrected chi connectivity index (χ2v) is 13.1. The predicted molar refractivity (Wildman–Crippen MR) is 214 cm³/mol.